The number of guanidine groups is 1. The largest absolute Gasteiger partial charge is 0.384 e. The Morgan fingerprint density at radius 3 is 2.52 bits per heavy atom. The Hall–Kier alpha value is -2.87. The van der Waals surface area contributed by atoms with Gasteiger partial charge in [-0.3, -0.25) is 10.1 Å². The van der Waals surface area contributed by atoms with Crippen LogP contribution in [0.5, 0.6) is 0 Å². The summed E-state index contributed by atoms with van der Waals surface area (Å²) >= 11 is 17.7. The summed E-state index contributed by atoms with van der Waals surface area (Å²) in [5, 5.41) is 6.10. The number of hydrogen-bond acceptors (Lipinski definition) is 4. The molecule has 3 aromatic rings. The Kier molecular flexibility index (Phi) is 6.53. The van der Waals surface area contributed by atoms with Crippen LogP contribution in [0.4, 0.5) is 21.7 Å². The van der Waals surface area contributed by atoms with Crippen LogP contribution >= 0.6 is 34.8 Å². The van der Waals surface area contributed by atoms with Gasteiger partial charge in [-0.2, -0.15) is 4.99 Å². The molecule has 0 unspecified atom stereocenters. The third-order valence-electron chi connectivity index (χ3n) is 3.52. The van der Waals surface area contributed by atoms with Crippen LogP contribution in [0.25, 0.3) is 0 Å². The molecular formula is C19H13Cl3FN5O. The summed E-state index contributed by atoms with van der Waals surface area (Å²) in [6.07, 6.45) is 0. The Bertz CT molecular complexity index is 1090. The minimum absolute atomic E-state index is 0.0270. The first-order chi connectivity index (χ1) is 13.8. The molecule has 3 rings (SSSR count). The SMILES string of the molecule is Nc1cccc(/N=C(/NC(=O)c2ccc(Cl)c(Cl)c2)Nc2cc(F)cc(Cl)c2)n1. The van der Waals surface area contributed by atoms with Crippen molar-refractivity contribution < 1.29 is 9.18 Å². The molecular weight excluding hydrogens is 440 g/mol. The number of aromatic nitrogens is 1. The molecule has 0 aliphatic rings. The summed E-state index contributed by atoms with van der Waals surface area (Å²) in [5.74, 6) is -0.640. The molecule has 4 N–H and O–H groups in total. The van der Waals surface area contributed by atoms with Gasteiger partial charge < -0.3 is 11.1 Å². The molecule has 0 fully saturated rings. The molecule has 0 saturated carbocycles. The molecule has 10 heteroatoms. The number of benzene rings is 2. The molecule has 0 radical (unpaired) electrons. The molecule has 0 atom stereocenters. The second-order valence-electron chi connectivity index (χ2n) is 5.75. The predicted molar refractivity (Wildman–Crippen MR) is 115 cm³/mol. The first-order valence-electron chi connectivity index (χ1n) is 8.11. The zero-order valence-electron chi connectivity index (χ0n) is 14.6. The van der Waals surface area contributed by atoms with E-state index in [-0.39, 0.29) is 38.9 Å². The van der Waals surface area contributed by atoms with Crippen molar-refractivity contribution in [1.29, 1.82) is 0 Å². The second-order valence-corrected chi connectivity index (χ2v) is 7.00. The van der Waals surface area contributed by atoms with Gasteiger partial charge >= 0.3 is 0 Å². The molecule has 0 bridgehead atoms. The predicted octanol–water partition coefficient (Wildman–Crippen LogP) is 5.29. The molecule has 0 aliphatic heterocycles. The maximum atomic E-state index is 13.7. The third-order valence-corrected chi connectivity index (χ3v) is 4.48. The van der Waals surface area contributed by atoms with Crippen molar-refractivity contribution in [2.75, 3.05) is 11.1 Å². The number of amides is 1. The highest BCUT2D eigenvalue weighted by Crippen LogP contribution is 2.23. The summed E-state index contributed by atoms with van der Waals surface area (Å²) in [5.41, 5.74) is 6.18. The molecule has 0 aliphatic carbocycles. The van der Waals surface area contributed by atoms with Crippen LogP contribution in [-0.2, 0) is 0 Å². The maximum absolute atomic E-state index is 13.7. The number of hydrogen-bond donors (Lipinski definition) is 3. The van der Waals surface area contributed by atoms with Crippen LogP contribution in [0.1, 0.15) is 10.4 Å². The minimum Gasteiger partial charge on any atom is -0.384 e. The number of carbonyl (C=O) groups is 1. The summed E-state index contributed by atoms with van der Waals surface area (Å²) < 4.78 is 13.7. The lowest BCUT2D eigenvalue weighted by Crippen LogP contribution is -2.35. The van der Waals surface area contributed by atoms with E-state index in [4.69, 9.17) is 40.5 Å². The number of carbonyl (C=O) groups excluding carboxylic acids is 1. The van der Waals surface area contributed by atoms with Crippen LogP contribution in [0, 0.1) is 5.82 Å². The molecule has 148 valence electrons. The van der Waals surface area contributed by atoms with Crippen LogP contribution in [0.2, 0.25) is 15.1 Å². The van der Waals surface area contributed by atoms with Gasteiger partial charge in [0.05, 0.1) is 10.0 Å². The number of halogens is 4. The van der Waals surface area contributed by atoms with E-state index >= 15 is 0 Å². The van der Waals surface area contributed by atoms with Gasteiger partial charge in [0.15, 0.2) is 5.82 Å². The zero-order valence-corrected chi connectivity index (χ0v) is 16.9. The van der Waals surface area contributed by atoms with Crippen LogP contribution in [-0.4, -0.2) is 16.9 Å². The fourth-order valence-corrected chi connectivity index (χ4v) is 2.80. The lowest BCUT2D eigenvalue weighted by atomic mass is 10.2. The zero-order chi connectivity index (χ0) is 21.0. The average molecular weight is 453 g/mol. The van der Waals surface area contributed by atoms with Crippen molar-refractivity contribution >= 4 is 64.0 Å². The second kappa shape index (κ2) is 9.09. The van der Waals surface area contributed by atoms with Crippen LogP contribution < -0.4 is 16.4 Å². The average Bonchev–Trinajstić information content (AvgIpc) is 2.63. The minimum atomic E-state index is -0.558. The van der Waals surface area contributed by atoms with Gasteiger partial charge in [-0.05, 0) is 48.5 Å². The third kappa shape index (κ3) is 5.80. The summed E-state index contributed by atoms with van der Waals surface area (Å²) in [7, 11) is 0. The number of pyridine rings is 1. The molecule has 29 heavy (non-hydrogen) atoms. The quantitative estimate of drug-likeness (QED) is 0.372. The normalized spacial score (nSPS) is 11.2. The smallest absolute Gasteiger partial charge is 0.258 e. The van der Waals surface area contributed by atoms with E-state index < -0.39 is 11.7 Å². The van der Waals surface area contributed by atoms with Crippen molar-refractivity contribution in [2.45, 2.75) is 0 Å². The molecule has 2 aromatic carbocycles. The van der Waals surface area contributed by atoms with Gasteiger partial charge in [0, 0.05) is 16.3 Å². The summed E-state index contributed by atoms with van der Waals surface area (Å²) in [6.45, 7) is 0. The number of nitrogens with zero attached hydrogens (tertiary/aromatic N) is 2. The molecule has 1 heterocycles. The Balaban J connectivity index is 1.93. The van der Waals surface area contributed by atoms with E-state index in [2.05, 4.69) is 20.6 Å². The van der Waals surface area contributed by atoms with Crippen molar-refractivity contribution in [3.8, 4) is 0 Å². The Morgan fingerprint density at radius 2 is 1.83 bits per heavy atom. The monoisotopic (exact) mass is 451 g/mol. The summed E-state index contributed by atoms with van der Waals surface area (Å²) in [6, 6.07) is 13.0. The maximum Gasteiger partial charge on any atom is 0.258 e. The van der Waals surface area contributed by atoms with Crippen LogP contribution in [0.15, 0.2) is 59.6 Å². The standard InChI is InChI=1S/C19H13Cl3FN5O/c20-11-7-12(23)9-13(8-11)25-19(27-17-3-1-2-16(24)26-17)28-18(29)10-4-5-14(21)15(22)6-10/h1-9H,(H4,24,25,26,27,28,29). The molecule has 6 nitrogen and oxygen atoms in total. The molecule has 1 amide bonds. The number of nitrogens with two attached hydrogens (primary N) is 1. The highest BCUT2D eigenvalue weighted by Gasteiger charge is 2.12. The highest BCUT2D eigenvalue weighted by atomic mass is 35.5. The van der Waals surface area contributed by atoms with Crippen molar-refractivity contribution in [3.05, 3.63) is 81.0 Å². The Labute approximate surface area is 180 Å². The lowest BCUT2D eigenvalue weighted by Gasteiger charge is -2.12. The first kappa shape index (κ1) is 20.9. The highest BCUT2D eigenvalue weighted by molar-refractivity contribution is 6.42. The van der Waals surface area contributed by atoms with E-state index in [1.54, 1.807) is 18.2 Å². The number of nitrogen functional groups attached to an aromatic ring is 1. The van der Waals surface area contributed by atoms with Gasteiger partial charge in [-0.25, -0.2) is 9.37 Å². The van der Waals surface area contributed by atoms with Crippen molar-refractivity contribution in [1.82, 2.24) is 10.3 Å². The van der Waals surface area contributed by atoms with Crippen molar-refractivity contribution in [3.63, 3.8) is 0 Å². The first-order valence-corrected chi connectivity index (χ1v) is 9.24. The molecule has 0 spiro atoms. The van der Waals surface area contributed by atoms with E-state index in [0.717, 1.165) is 6.07 Å². The van der Waals surface area contributed by atoms with E-state index in [9.17, 15) is 9.18 Å². The fourth-order valence-electron chi connectivity index (χ4n) is 2.28. The molecule has 1 aromatic heterocycles. The summed E-state index contributed by atoms with van der Waals surface area (Å²) in [4.78, 5) is 20.9. The fraction of sp³-hybridized carbons (Fsp3) is 0. The van der Waals surface area contributed by atoms with Gasteiger partial charge in [0.25, 0.3) is 5.91 Å². The van der Waals surface area contributed by atoms with Gasteiger partial charge in [0.1, 0.15) is 11.6 Å². The van der Waals surface area contributed by atoms with E-state index in [0.29, 0.717) is 5.02 Å². The van der Waals surface area contributed by atoms with Gasteiger partial charge in [-0.1, -0.05) is 40.9 Å². The van der Waals surface area contributed by atoms with Crippen molar-refractivity contribution in [2.24, 2.45) is 4.99 Å². The number of aliphatic imine (C=N–C) groups is 1. The lowest BCUT2D eigenvalue weighted by molar-refractivity contribution is 0.0977. The topological polar surface area (TPSA) is 92.4 Å². The number of anilines is 2. The molecule has 0 saturated heterocycles. The Morgan fingerprint density at radius 1 is 1.03 bits per heavy atom. The van der Waals surface area contributed by atoms with E-state index in [1.807, 2.05) is 0 Å². The number of rotatable bonds is 3. The van der Waals surface area contributed by atoms with Gasteiger partial charge in [-0.15, -0.1) is 0 Å². The van der Waals surface area contributed by atoms with Gasteiger partial charge in [0.2, 0.25) is 5.96 Å². The number of nitrogens with one attached hydrogen (secondary N) is 2. The van der Waals surface area contributed by atoms with E-state index in [1.165, 1.54) is 30.3 Å². The van der Waals surface area contributed by atoms with Crippen LogP contribution in [0.3, 0.4) is 0 Å².